The van der Waals surface area contributed by atoms with E-state index in [1.54, 1.807) is 24.2 Å². The molecular weight excluding hydrogens is 356 g/mol. The first-order valence-electron chi connectivity index (χ1n) is 9.30. The van der Waals surface area contributed by atoms with E-state index in [0.717, 1.165) is 41.4 Å². The molecule has 0 aliphatic carbocycles. The van der Waals surface area contributed by atoms with Crippen molar-refractivity contribution >= 4 is 34.4 Å². The van der Waals surface area contributed by atoms with Gasteiger partial charge in [0.25, 0.3) is 0 Å². The van der Waals surface area contributed by atoms with E-state index in [0.29, 0.717) is 18.1 Å². The summed E-state index contributed by atoms with van der Waals surface area (Å²) in [5, 5.41) is 2.64. The Balaban J connectivity index is 1.58. The van der Waals surface area contributed by atoms with Crippen molar-refractivity contribution in [3.05, 3.63) is 47.9 Å². The quantitative estimate of drug-likeness (QED) is 0.593. The molecule has 3 heterocycles. The summed E-state index contributed by atoms with van der Waals surface area (Å²) in [7, 11) is 0. The third-order valence-electron chi connectivity index (χ3n) is 5.17. The maximum absolute atomic E-state index is 13.0. The van der Waals surface area contributed by atoms with Gasteiger partial charge in [0, 0.05) is 12.1 Å². The van der Waals surface area contributed by atoms with Crippen molar-refractivity contribution in [3.8, 4) is 0 Å². The maximum Gasteiger partial charge on any atom is 0.313 e. The summed E-state index contributed by atoms with van der Waals surface area (Å²) in [4.78, 5) is 38.7. The van der Waals surface area contributed by atoms with Crippen molar-refractivity contribution in [2.75, 3.05) is 17.6 Å². The summed E-state index contributed by atoms with van der Waals surface area (Å²) in [5.74, 6) is -0.827. The Hall–Kier alpha value is -3.42. The van der Waals surface area contributed by atoms with Gasteiger partial charge in [-0.2, -0.15) is 0 Å². The molecular formula is C20H22N6O2. The molecule has 2 aromatic heterocycles. The van der Waals surface area contributed by atoms with Gasteiger partial charge in [0.1, 0.15) is 5.82 Å². The predicted molar refractivity (Wildman–Crippen MR) is 106 cm³/mol. The van der Waals surface area contributed by atoms with Gasteiger partial charge in [0.05, 0.1) is 35.3 Å². The monoisotopic (exact) mass is 378 g/mol. The van der Waals surface area contributed by atoms with E-state index in [1.807, 2.05) is 18.2 Å². The highest BCUT2D eigenvalue weighted by Gasteiger charge is 2.33. The molecule has 0 saturated carbocycles. The normalized spacial score (nSPS) is 16.9. The Morgan fingerprint density at radius 1 is 1.29 bits per heavy atom. The van der Waals surface area contributed by atoms with Gasteiger partial charge in [0.15, 0.2) is 0 Å². The van der Waals surface area contributed by atoms with Crippen LogP contribution in [0.2, 0.25) is 0 Å². The van der Waals surface area contributed by atoms with Crippen molar-refractivity contribution in [2.45, 2.75) is 32.2 Å². The zero-order valence-corrected chi connectivity index (χ0v) is 15.6. The third-order valence-corrected chi connectivity index (χ3v) is 5.17. The lowest BCUT2D eigenvalue weighted by Crippen LogP contribution is -2.44. The van der Waals surface area contributed by atoms with E-state index in [2.05, 4.69) is 20.3 Å². The average molecular weight is 378 g/mol. The fourth-order valence-electron chi connectivity index (χ4n) is 3.72. The number of anilines is 2. The number of fused-ring (bicyclic) bond motifs is 1. The standard InChI is InChI=1S/C20H22N6O2/c1-12-9-13(10-22-18(12)21)25-19(27)20(28)26-8-3-2-7-16(26)14-5-4-6-15-17(14)24-11-23-15/h4-6,9-11,16H,2-3,7-8H2,1H3,(H2,21,22)(H,23,24)(H,25,27). The molecule has 4 N–H and O–H groups in total. The van der Waals surface area contributed by atoms with Crippen LogP contribution in [0.1, 0.15) is 36.4 Å². The van der Waals surface area contributed by atoms with Crippen LogP contribution in [0.3, 0.4) is 0 Å². The number of pyridine rings is 1. The number of amides is 2. The topological polar surface area (TPSA) is 117 Å². The molecule has 8 nitrogen and oxygen atoms in total. The lowest BCUT2D eigenvalue weighted by atomic mass is 9.94. The van der Waals surface area contributed by atoms with Gasteiger partial charge in [-0.05, 0) is 43.9 Å². The highest BCUT2D eigenvalue weighted by Crippen LogP contribution is 2.34. The number of piperidine rings is 1. The van der Waals surface area contributed by atoms with E-state index in [1.165, 1.54) is 6.20 Å². The number of H-pyrrole nitrogens is 1. The summed E-state index contributed by atoms with van der Waals surface area (Å²) in [6.07, 6.45) is 5.76. The number of nitrogens with one attached hydrogen (secondary N) is 2. The minimum atomic E-state index is -0.674. The largest absolute Gasteiger partial charge is 0.383 e. The lowest BCUT2D eigenvalue weighted by Gasteiger charge is -2.35. The van der Waals surface area contributed by atoms with Crippen molar-refractivity contribution < 1.29 is 9.59 Å². The lowest BCUT2D eigenvalue weighted by molar-refractivity contribution is -0.145. The van der Waals surface area contributed by atoms with Crippen molar-refractivity contribution in [2.24, 2.45) is 0 Å². The van der Waals surface area contributed by atoms with E-state index in [-0.39, 0.29) is 6.04 Å². The van der Waals surface area contributed by atoms with Crippen LogP contribution in [-0.2, 0) is 9.59 Å². The van der Waals surface area contributed by atoms with Crippen LogP contribution in [0, 0.1) is 6.92 Å². The Labute approximate surface area is 162 Å². The van der Waals surface area contributed by atoms with Crippen LogP contribution in [0.4, 0.5) is 11.5 Å². The molecule has 0 spiro atoms. The number of carbonyl (C=O) groups is 2. The van der Waals surface area contributed by atoms with E-state index >= 15 is 0 Å². The molecule has 8 heteroatoms. The molecule has 0 bridgehead atoms. The van der Waals surface area contributed by atoms with E-state index in [9.17, 15) is 9.59 Å². The van der Waals surface area contributed by atoms with Gasteiger partial charge in [-0.3, -0.25) is 9.59 Å². The van der Waals surface area contributed by atoms with Gasteiger partial charge in [0.2, 0.25) is 0 Å². The summed E-state index contributed by atoms with van der Waals surface area (Å²) < 4.78 is 0. The van der Waals surface area contributed by atoms with Crippen LogP contribution in [0.25, 0.3) is 11.0 Å². The number of hydrogen-bond acceptors (Lipinski definition) is 5. The maximum atomic E-state index is 13.0. The number of likely N-dealkylation sites (tertiary alicyclic amines) is 1. The molecule has 1 fully saturated rings. The van der Waals surface area contributed by atoms with Gasteiger partial charge < -0.3 is 20.9 Å². The number of aromatic amines is 1. The summed E-state index contributed by atoms with van der Waals surface area (Å²) in [6, 6.07) is 7.39. The molecule has 0 radical (unpaired) electrons. The van der Waals surface area contributed by atoms with Gasteiger partial charge >= 0.3 is 11.8 Å². The second-order valence-corrected chi connectivity index (χ2v) is 7.04. The molecule has 1 atom stereocenters. The molecule has 3 aromatic rings. The Kier molecular flexibility index (Phi) is 4.68. The van der Waals surface area contributed by atoms with Crippen molar-refractivity contribution in [3.63, 3.8) is 0 Å². The smallest absolute Gasteiger partial charge is 0.313 e. The van der Waals surface area contributed by atoms with Crippen LogP contribution in [-0.4, -0.2) is 38.2 Å². The number of carbonyl (C=O) groups excluding carboxylic acids is 2. The summed E-state index contributed by atoms with van der Waals surface area (Å²) >= 11 is 0. The molecule has 1 aliphatic rings. The number of imidazole rings is 1. The first kappa shape index (κ1) is 18.0. The summed E-state index contributed by atoms with van der Waals surface area (Å²) in [5.41, 5.74) is 9.62. The number of aromatic nitrogens is 3. The molecule has 4 rings (SSSR count). The van der Waals surface area contributed by atoms with Gasteiger partial charge in [-0.25, -0.2) is 9.97 Å². The fourth-order valence-corrected chi connectivity index (χ4v) is 3.72. The van der Waals surface area contributed by atoms with E-state index in [4.69, 9.17) is 5.73 Å². The Morgan fingerprint density at radius 2 is 2.14 bits per heavy atom. The zero-order valence-electron chi connectivity index (χ0n) is 15.6. The predicted octanol–water partition coefficient (Wildman–Crippen LogP) is 2.54. The second kappa shape index (κ2) is 7.30. The third kappa shape index (κ3) is 3.28. The Bertz CT molecular complexity index is 1040. The van der Waals surface area contributed by atoms with Crippen molar-refractivity contribution in [1.82, 2.24) is 19.9 Å². The van der Waals surface area contributed by atoms with Gasteiger partial charge in [-0.1, -0.05) is 12.1 Å². The first-order chi connectivity index (χ1) is 13.5. The molecule has 144 valence electrons. The van der Waals surface area contributed by atoms with E-state index < -0.39 is 11.8 Å². The zero-order chi connectivity index (χ0) is 19.7. The number of hydrogen-bond donors (Lipinski definition) is 3. The summed E-state index contributed by atoms with van der Waals surface area (Å²) in [6.45, 7) is 2.34. The average Bonchev–Trinajstić information content (AvgIpc) is 3.19. The highest BCUT2D eigenvalue weighted by molar-refractivity contribution is 6.39. The van der Waals surface area contributed by atoms with Crippen molar-refractivity contribution in [1.29, 1.82) is 0 Å². The number of benzene rings is 1. The molecule has 2 amide bonds. The number of aryl methyl sites for hydroxylation is 1. The number of para-hydroxylation sites is 1. The number of nitrogen functional groups attached to an aromatic ring is 1. The van der Waals surface area contributed by atoms with Crippen LogP contribution < -0.4 is 11.1 Å². The minimum Gasteiger partial charge on any atom is -0.383 e. The first-order valence-corrected chi connectivity index (χ1v) is 9.30. The minimum absolute atomic E-state index is 0.176. The second-order valence-electron chi connectivity index (χ2n) is 7.04. The fraction of sp³-hybridized carbons (Fsp3) is 0.300. The van der Waals surface area contributed by atoms with Crippen LogP contribution >= 0.6 is 0 Å². The van der Waals surface area contributed by atoms with Crippen LogP contribution in [0.15, 0.2) is 36.8 Å². The molecule has 1 saturated heterocycles. The number of rotatable bonds is 2. The molecule has 1 aromatic carbocycles. The molecule has 28 heavy (non-hydrogen) atoms. The van der Waals surface area contributed by atoms with Gasteiger partial charge in [-0.15, -0.1) is 0 Å². The molecule has 1 aliphatic heterocycles. The number of nitrogens with zero attached hydrogens (tertiary/aromatic N) is 3. The SMILES string of the molecule is Cc1cc(NC(=O)C(=O)N2CCCCC2c2cccc3[nH]cnc23)cnc1N. The van der Waals surface area contributed by atoms with Crippen LogP contribution in [0.5, 0.6) is 0 Å². The number of nitrogens with two attached hydrogens (primary N) is 1. The highest BCUT2D eigenvalue weighted by atomic mass is 16.2. The Morgan fingerprint density at radius 3 is 2.96 bits per heavy atom. The molecule has 1 unspecified atom stereocenters.